The van der Waals surface area contributed by atoms with Crippen LogP contribution in [0.25, 0.3) is 0 Å². The van der Waals surface area contributed by atoms with Crippen molar-refractivity contribution >= 4 is 23.4 Å². The Bertz CT molecular complexity index is 1120. The Balaban J connectivity index is 1.24. The van der Waals surface area contributed by atoms with Gasteiger partial charge in [-0.15, -0.1) is 0 Å². The number of carbonyl (C=O) groups is 3. The van der Waals surface area contributed by atoms with Crippen molar-refractivity contribution in [3.8, 4) is 11.8 Å². The second kappa shape index (κ2) is 9.74. The van der Waals surface area contributed by atoms with Gasteiger partial charge in [-0.2, -0.15) is 5.26 Å². The van der Waals surface area contributed by atoms with Crippen LogP contribution in [0.2, 0.25) is 0 Å². The fourth-order valence-corrected chi connectivity index (χ4v) is 4.58. The third kappa shape index (κ3) is 4.98. The van der Waals surface area contributed by atoms with Gasteiger partial charge in [0.05, 0.1) is 18.4 Å². The highest BCUT2D eigenvalue weighted by molar-refractivity contribution is 6.05. The molecule has 2 aromatic rings. The van der Waals surface area contributed by atoms with Gasteiger partial charge in [-0.25, -0.2) is 4.79 Å². The Kier molecular flexibility index (Phi) is 6.59. The number of Topliss-reactive ketones (excluding diaryl/α,β-unsaturated/α-hetero) is 1. The van der Waals surface area contributed by atoms with E-state index in [1.807, 2.05) is 24.3 Å². The van der Waals surface area contributed by atoms with Crippen molar-refractivity contribution in [1.82, 2.24) is 10.6 Å². The monoisotopic (exact) mass is 446 g/mol. The van der Waals surface area contributed by atoms with Gasteiger partial charge in [-0.1, -0.05) is 12.1 Å². The van der Waals surface area contributed by atoms with Crippen molar-refractivity contribution in [2.75, 3.05) is 25.1 Å². The predicted octanol–water partition coefficient (Wildman–Crippen LogP) is 2.81. The van der Waals surface area contributed by atoms with E-state index >= 15 is 0 Å². The van der Waals surface area contributed by atoms with Gasteiger partial charge in [0.15, 0.2) is 5.78 Å². The third-order valence-electron chi connectivity index (χ3n) is 6.30. The summed E-state index contributed by atoms with van der Waals surface area (Å²) in [5, 5.41) is 14.5. The van der Waals surface area contributed by atoms with E-state index in [1.165, 1.54) is 0 Å². The number of ketones is 1. The molecule has 0 saturated carbocycles. The first-order valence-corrected chi connectivity index (χ1v) is 11.0. The highest BCUT2D eigenvalue weighted by Gasteiger charge is 2.33. The molecule has 0 spiro atoms. The Morgan fingerprint density at radius 1 is 1.18 bits per heavy atom. The van der Waals surface area contributed by atoms with E-state index in [9.17, 15) is 19.6 Å². The standard InChI is InChI=1S/C25H26N4O4/c1-33-20-6-7-21-17(13-20)12-18(24(21)31)14-23(30)28-25(32)27-19-8-10-29(11-9-19)22-5-3-2-4-16(22)15-26/h2-7,13,18-19H,8-12,14H2,1H3,(H2,27,28,30,32). The molecule has 2 N–H and O–H groups in total. The van der Waals surface area contributed by atoms with Gasteiger partial charge in [0.25, 0.3) is 0 Å². The average Bonchev–Trinajstić information content (AvgIpc) is 3.13. The Morgan fingerprint density at radius 3 is 2.67 bits per heavy atom. The summed E-state index contributed by atoms with van der Waals surface area (Å²) in [5.41, 5.74) is 3.02. The number of piperidine rings is 1. The lowest BCUT2D eigenvalue weighted by molar-refractivity contribution is -0.120. The highest BCUT2D eigenvalue weighted by Crippen LogP contribution is 2.31. The maximum Gasteiger partial charge on any atom is 0.321 e. The van der Waals surface area contributed by atoms with Gasteiger partial charge in [0.1, 0.15) is 11.8 Å². The number of anilines is 1. The van der Waals surface area contributed by atoms with Gasteiger partial charge in [0, 0.05) is 37.0 Å². The fourth-order valence-electron chi connectivity index (χ4n) is 4.58. The first kappa shape index (κ1) is 22.3. The molecule has 1 atom stereocenters. The van der Waals surface area contributed by atoms with E-state index in [0.29, 0.717) is 49.2 Å². The number of rotatable bonds is 5. The van der Waals surface area contributed by atoms with Crippen molar-refractivity contribution in [3.05, 3.63) is 59.2 Å². The van der Waals surface area contributed by atoms with Crippen LogP contribution < -0.4 is 20.3 Å². The van der Waals surface area contributed by atoms with Crippen molar-refractivity contribution in [2.45, 2.75) is 31.7 Å². The normalized spacial score (nSPS) is 17.8. The summed E-state index contributed by atoms with van der Waals surface area (Å²) in [7, 11) is 1.57. The molecule has 0 aromatic heterocycles. The summed E-state index contributed by atoms with van der Waals surface area (Å²) in [6, 6.07) is 14.4. The lowest BCUT2D eigenvalue weighted by Crippen LogP contribution is -2.49. The van der Waals surface area contributed by atoms with E-state index in [0.717, 1.165) is 11.3 Å². The number of ether oxygens (including phenoxy) is 1. The molecule has 8 heteroatoms. The van der Waals surface area contributed by atoms with E-state index < -0.39 is 17.9 Å². The maximum atomic E-state index is 12.6. The van der Waals surface area contributed by atoms with E-state index in [2.05, 4.69) is 21.6 Å². The van der Waals surface area contributed by atoms with Crippen LogP contribution >= 0.6 is 0 Å². The Labute approximate surface area is 192 Å². The molecule has 1 heterocycles. The number of hydrogen-bond acceptors (Lipinski definition) is 6. The number of hydrogen-bond donors (Lipinski definition) is 2. The summed E-state index contributed by atoms with van der Waals surface area (Å²) in [6.07, 6.45) is 1.84. The molecule has 1 unspecified atom stereocenters. The number of imide groups is 1. The smallest absolute Gasteiger partial charge is 0.321 e. The summed E-state index contributed by atoms with van der Waals surface area (Å²) in [6.45, 7) is 1.41. The fraction of sp³-hybridized carbons (Fsp3) is 0.360. The molecule has 1 aliphatic carbocycles. The van der Waals surface area contributed by atoms with Crippen LogP contribution in [0.1, 0.15) is 40.7 Å². The number of benzene rings is 2. The zero-order valence-corrected chi connectivity index (χ0v) is 18.5. The van der Waals surface area contributed by atoms with Gasteiger partial charge < -0.3 is 15.0 Å². The first-order chi connectivity index (χ1) is 16.0. The third-order valence-corrected chi connectivity index (χ3v) is 6.30. The van der Waals surface area contributed by atoms with E-state index in [1.54, 1.807) is 25.3 Å². The Hall–Kier alpha value is -3.86. The number of methoxy groups -OCH3 is 1. The summed E-state index contributed by atoms with van der Waals surface area (Å²) in [5.74, 6) is -0.337. The molecule has 1 fully saturated rings. The first-order valence-electron chi connectivity index (χ1n) is 11.0. The van der Waals surface area contributed by atoms with Crippen molar-refractivity contribution < 1.29 is 19.1 Å². The second-order valence-corrected chi connectivity index (χ2v) is 8.40. The molecular formula is C25H26N4O4. The maximum absolute atomic E-state index is 12.6. The van der Waals surface area contributed by atoms with E-state index in [-0.39, 0.29) is 18.2 Å². The molecule has 4 rings (SSSR count). The van der Waals surface area contributed by atoms with Gasteiger partial charge >= 0.3 is 6.03 Å². The quantitative estimate of drug-likeness (QED) is 0.731. The molecular weight excluding hydrogens is 420 g/mol. The van der Waals surface area contributed by atoms with Gasteiger partial charge in [-0.05, 0) is 55.2 Å². The topological polar surface area (TPSA) is 112 Å². The lowest BCUT2D eigenvalue weighted by atomic mass is 10.0. The number of carbonyl (C=O) groups excluding carboxylic acids is 3. The number of para-hydroxylation sites is 1. The Morgan fingerprint density at radius 2 is 1.94 bits per heavy atom. The SMILES string of the molecule is COc1ccc2c(c1)CC(CC(=O)NC(=O)NC1CCN(c3ccccc3C#N)CC1)C2=O. The number of fused-ring (bicyclic) bond motifs is 1. The van der Waals surface area contributed by atoms with Crippen LogP contribution in [0.4, 0.5) is 10.5 Å². The molecule has 33 heavy (non-hydrogen) atoms. The summed E-state index contributed by atoms with van der Waals surface area (Å²) < 4.78 is 5.20. The zero-order chi connectivity index (χ0) is 23.4. The lowest BCUT2D eigenvalue weighted by Gasteiger charge is -2.34. The molecule has 2 aromatic carbocycles. The second-order valence-electron chi connectivity index (χ2n) is 8.40. The van der Waals surface area contributed by atoms with Crippen LogP contribution in [-0.2, 0) is 11.2 Å². The van der Waals surface area contributed by atoms with E-state index in [4.69, 9.17) is 4.74 Å². The van der Waals surface area contributed by atoms with Crippen LogP contribution in [-0.4, -0.2) is 44.0 Å². The van der Waals surface area contributed by atoms with Gasteiger partial charge in [-0.3, -0.25) is 14.9 Å². The number of urea groups is 1. The van der Waals surface area contributed by atoms with Crippen LogP contribution in [0.5, 0.6) is 5.75 Å². The minimum absolute atomic E-state index is 0.0351. The molecule has 1 aliphatic heterocycles. The number of nitriles is 1. The molecule has 0 bridgehead atoms. The number of amides is 3. The zero-order valence-electron chi connectivity index (χ0n) is 18.5. The molecule has 1 saturated heterocycles. The molecule has 8 nitrogen and oxygen atoms in total. The number of nitrogens with zero attached hydrogens (tertiary/aromatic N) is 2. The van der Waals surface area contributed by atoms with Crippen molar-refractivity contribution in [2.24, 2.45) is 5.92 Å². The van der Waals surface area contributed by atoms with Crippen molar-refractivity contribution in [1.29, 1.82) is 5.26 Å². The summed E-state index contributed by atoms with van der Waals surface area (Å²) >= 11 is 0. The van der Waals surface area contributed by atoms with Crippen LogP contribution in [0.15, 0.2) is 42.5 Å². The van der Waals surface area contributed by atoms with Gasteiger partial charge in [0.2, 0.25) is 5.91 Å². The highest BCUT2D eigenvalue weighted by atomic mass is 16.5. The minimum atomic E-state index is -0.541. The molecule has 2 aliphatic rings. The number of nitrogens with one attached hydrogen (secondary N) is 2. The molecule has 0 radical (unpaired) electrons. The largest absolute Gasteiger partial charge is 0.497 e. The molecule has 3 amide bonds. The van der Waals surface area contributed by atoms with Crippen LogP contribution in [0.3, 0.4) is 0 Å². The predicted molar refractivity (Wildman–Crippen MR) is 122 cm³/mol. The average molecular weight is 447 g/mol. The minimum Gasteiger partial charge on any atom is -0.497 e. The van der Waals surface area contributed by atoms with Crippen molar-refractivity contribution in [3.63, 3.8) is 0 Å². The summed E-state index contributed by atoms with van der Waals surface area (Å²) in [4.78, 5) is 39.4. The molecule has 170 valence electrons. The van der Waals surface area contributed by atoms with Crippen LogP contribution in [0, 0.1) is 17.2 Å².